The lowest BCUT2D eigenvalue weighted by atomic mass is 10.1. The fourth-order valence-electron chi connectivity index (χ4n) is 4.78. The molecule has 2 heterocycles. The molecule has 1 amide bonds. The number of benzene rings is 4. The summed E-state index contributed by atoms with van der Waals surface area (Å²) in [6, 6.07) is 30.0. The van der Waals surface area contributed by atoms with Crippen LogP contribution >= 0.6 is 11.8 Å². The molecule has 0 saturated carbocycles. The molecule has 1 N–H and O–H groups in total. The molecule has 0 aliphatic heterocycles. The molecule has 0 spiro atoms. The molecule has 222 valence electrons. The van der Waals surface area contributed by atoms with Crippen LogP contribution in [0.3, 0.4) is 0 Å². The first kappa shape index (κ1) is 29.0. The molecule has 0 bridgehead atoms. The standard InChI is InChI=1S/C32H27N5O5S2/c1-41-24-12-8-10-22(18-24)33-30(38)21-43-32-35-34-31(37(32)23-11-9-13-25(19-23)42-2)28-20-36(29-17-7-6-16-27(28)29)44(39,40)26-14-4-3-5-15-26/h3-20H,21H2,1-2H3,(H,33,38). The number of hydrogen-bond acceptors (Lipinski definition) is 8. The van der Waals surface area contributed by atoms with Gasteiger partial charge < -0.3 is 14.8 Å². The van der Waals surface area contributed by atoms with E-state index in [1.54, 1.807) is 91.7 Å². The van der Waals surface area contributed by atoms with Crippen LogP contribution in [-0.2, 0) is 14.8 Å². The number of carbonyl (C=O) groups excluding carboxylic acids is 1. The number of anilines is 1. The first-order valence-corrected chi connectivity index (χ1v) is 15.9. The van der Waals surface area contributed by atoms with E-state index in [-0.39, 0.29) is 16.6 Å². The predicted molar refractivity (Wildman–Crippen MR) is 170 cm³/mol. The molecule has 44 heavy (non-hydrogen) atoms. The van der Waals surface area contributed by atoms with Gasteiger partial charge >= 0.3 is 0 Å². The summed E-state index contributed by atoms with van der Waals surface area (Å²) in [7, 11) is -0.778. The van der Waals surface area contributed by atoms with Crippen molar-refractivity contribution in [3.63, 3.8) is 0 Å². The molecule has 0 saturated heterocycles. The molecular weight excluding hydrogens is 599 g/mol. The Morgan fingerprint density at radius 3 is 2.32 bits per heavy atom. The molecule has 12 heteroatoms. The normalized spacial score (nSPS) is 11.4. The van der Waals surface area contributed by atoms with Crippen molar-refractivity contribution in [1.29, 1.82) is 0 Å². The molecule has 0 fully saturated rings. The number of rotatable bonds is 10. The van der Waals surface area contributed by atoms with Gasteiger partial charge in [-0.05, 0) is 42.5 Å². The van der Waals surface area contributed by atoms with Crippen LogP contribution in [0.4, 0.5) is 5.69 Å². The van der Waals surface area contributed by atoms with Crippen LogP contribution in [0.2, 0.25) is 0 Å². The molecule has 0 aliphatic carbocycles. The number of amides is 1. The highest BCUT2D eigenvalue weighted by Gasteiger charge is 2.25. The first-order chi connectivity index (χ1) is 21.4. The number of nitrogens with one attached hydrogen (secondary N) is 1. The number of nitrogens with zero attached hydrogens (tertiary/aromatic N) is 4. The van der Waals surface area contributed by atoms with Gasteiger partial charge in [-0.2, -0.15) is 0 Å². The number of carbonyl (C=O) groups is 1. The minimum absolute atomic E-state index is 0.0451. The largest absolute Gasteiger partial charge is 0.497 e. The Labute approximate surface area is 258 Å². The van der Waals surface area contributed by atoms with Gasteiger partial charge in [-0.25, -0.2) is 12.4 Å². The minimum Gasteiger partial charge on any atom is -0.497 e. The quantitative estimate of drug-likeness (QED) is 0.188. The number of para-hydroxylation sites is 1. The van der Waals surface area contributed by atoms with E-state index in [0.29, 0.717) is 50.3 Å². The van der Waals surface area contributed by atoms with E-state index in [2.05, 4.69) is 15.5 Å². The third kappa shape index (κ3) is 5.64. The van der Waals surface area contributed by atoms with Crippen molar-refractivity contribution < 1.29 is 22.7 Å². The summed E-state index contributed by atoms with van der Waals surface area (Å²) in [6.07, 6.45) is 1.57. The van der Waals surface area contributed by atoms with Gasteiger partial charge in [0.25, 0.3) is 10.0 Å². The fourth-order valence-corrected chi connectivity index (χ4v) is 6.92. The maximum atomic E-state index is 13.8. The molecule has 10 nitrogen and oxygen atoms in total. The summed E-state index contributed by atoms with van der Waals surface area (Å²) < 4.78 is 41.3. The molecule has 0 atom stereocenters. The number of thioether (sulfide) groups is 1. The summed E-state index contributed by atoms with van der Waals surface area (Å²) in [5.74, 6) is 1.46. The lowest BCUT2D eigenvalue weighted by Gasteiger charge is -2.11. The Morgan fingerprint density at radius 2 is 1.55 bits per heavy atom. The Balaban J connectivity index is 1.42. The number of aromatic nitrogens is 4. The Bertz CT molecular complexity index is 2070. The average molecular weight is 626 g/mol. The van der Waals surface area contributed by atoms with E-state index in [9.17, 15) is 13.2 Å². The fraction of sp³-hybridized carbons (Fsp3) is 0.0938. The second-order valence-corrected chi connectivity index (χ2v) is 12.3. The Kier molecular flexibility index (Phi) is 8.09. The number of fused-ring (bicyclic) bond motifs is 1. The Morgan fingerprint density at radius 1 is 0.841 bits per heavy atom. The highest BCUT2D eigenvalue weighted by molar-refractivity contribution is 7.99. The van der Waals surface area contributed by atoms with Gasteiger partial charge in [-0.3, -0.25) is 9.36 Å². The van der Waals surface area contributed by atoms with Crippen LogP contribution in [0.5, 0.6) is 11.5 Å². The van der Waals surface area contributed by atoms with E-state index in [1.165, 1.54) is 15.7 Å². The third-order valence-electron chi connectivity index (χ3n) is 6.85. The lowest BCUT2D eigenvalue weighted by molar-refractivity contribution is -0.113. The van der Waals surface area contributed by atoms with Gasteiger partial charge in [0.2, 0.25) is 5.91 Å². The van der Waals surface area contributed by atoms with Gasteiger partial charge in [-0.1, -0.05) is 60.3 Å². The maximum Gasteiger partial charge on any atom is 0.268 e. The zero-order valence-corrected chi connectivity index (χ0v) is 25.4. The number of methoxy groups -OCH3 is 2. The summed E-state index contributed by atoms with van der Waals surface area (Å²) in [5.41, 5.74) is 2.35. The Hall–Kier alpha value is -5.07. The summed E-state index contributed by atoms with van der Waals surface area (Å²) in [4.78, 5) is 13.1. The van der Waals surface area contributed by atoms with Crippen molar-refractivity contribution in [1.82, 2.24) is 18.7 Å². The first-order valence-electron chi connectivity index (χ1n) is 13.5. The molecule has 4 aromatic carbocycles. The predicted octanol–water partition coefficient (Wildman–Crippen LogP) is 5.87. The number of ether oxygens (including phenoxy) is 2. The summed E-state index contributed by atoms with van der Waals surface area (Å²) in [5, 5.41) is 13.0. The van der Waals surface area contributed by atoms with Crippen molar-refractivity contribution in [3.05, 3.63) is 109 Å². The second-order valence-electron chi connectivity index (χ2n) is 9.59. The van der Waals surface area contributed by atoms with Gasteiger partial charge in [0, 0.05) is 35.0 Å². The molecule has 6 rings (SSSR count). The highest BCUT2D eigenvalue weighted by atomic mass is 32.2. The van der Waals surface area contributed by atoms with E-state index >= 15 is 0 Å². The highest BCUT2D eigenvalue weighted by Crippen LogP contribution is 2.36. The van der Waals surface area contributed by atoms with Crippen LogP contribution in [0.25, 0.3) is 28.0 Å². The smallest absolute Gasteiger partial charge is 0.268 e. The van der Waals surface area contributed by atoms with Crippen molar-refractivity contribution in [2.24, 2.45) is 0 Å². The number of hydrogen-bond donors (Lipinski definition) is 1. The van der Waals surface area contributed by atoms with Gasteiger partial charge in [0.15, 0.2) is 11.0 Å². The van der Waals surface area contributed by atoms with Gasteiger partial charge in [0.05, 0.1) is 36.1 Å². The zero-order chi connectivity index (χ0) is 30.7. The van der Waals surface area contributed by atoms with E-state index in [4.69, 9.17) is 9.47 Å². The van der Waals surface area contributed by atoms with Crippen LogP contribution < -0.4 is 14.8 Å². The van der Waals surface area contributed by atoms with Crippen LogP contribution in [0.15, 0.2) is 119 Å². The molecule has 0 unspecified atom stereocenters. The summed E-state index contributed by atoms with van der Waals surface area (Å²) >= 11 is 1.20. The zero-order valence-electron chi connectivity index (χ0n) is 23.7. The second kappa shape index (κ2) is 12.3. The molecule has 6 aromatic rings. The van der Waals surface area contributed by atoms with Crippen LogP contribution in [0.1, 0.15) is 0 Å². The van der Waals surface area contributed by atoms with Gasteiger partial charge in [0.1, 0.15) is 11.5 Å². The third-order valence-corrected chi connectivity index (χ3v) is 9.47. The van der Waals surface area contributed by atoms with E-state index in [0.717, 1.165) is 0 Å². The van der Waals surface area contributed by atoms with E-state index in [1.807, 2.05) is 36.4 Å². The molecular formula is C32H27N5O5S2. The monoisotopic (exact) mass is 625 g/mol. The van der Waals surface area contributed by atoms with Crippen molar-refractivity contribution in [2.75, 3.05) is 25.3 Å². The van der Waals surface area contributed by atoms with E-state index < -0.39 is 10.0 Å². The lowest BCUT2D eigenvalue weighted by Crippen LogP contribution is -2.14. The SMILES string of the molecule is COc1cccc(NC(=O)CSc2nnc(-c3cn(S(=O)(=O)c4ccccc4)c4ccccc34)n2-c2cccc(OC)c2)c1. The average Bonchev–Trinajstić information content (AvgIpc) is 3.66. The van der Waals surface area contributed by atoms with Crippen LogP contribution in [0, 0.1) is 0 Å². The van der Waals surface area contributed by atoms with Crippen LogP contribution in [-0.4, -0.2) is 53.0 Å². The maximum absolute atomic E-state index is 13.8. The van der Waals surface area contributed by atoms with Crippen molar-refractivity contribution >= 4 is 44.3 Å². The van der Waals surface area contributed by atoms with Crippen molar-refractivity contribution in [3.8, 4) is 28.6 Å². The minimum atomic E-state index is -3.92. The van der Waals surface area contributed by atoms with Gasteiger partial charge in [-0.15, -0.1) is 10.2 Å². The topological polar surface area (TPSA) is 117 Å². The molecule has 2 aromatic heterocycles. The summed E-state index contributed by atoms with van der Waals surface area (Å²) in [6.45, 7) is 0. The van der Waals surface area contributed by atoms with Crippen molar-refractivity contribution in [2.45, 2.75) is 10.1 Å². The molecule has 0 aliphatic rings. The molecule has 0 radical (unpaired) electrons.